The number of amides is 1. The second-order valence-electron chi connectivity index (χ2n) is 7.41. The van der Waals surface area contributed by atoms with E-state index in [1.165, 1.54) is 24.3 Å². The van der Waals surface area contributed by atoms with Crippen molar-refractivity contribution in [3.8, 4) is 5.75 Å². The van der Waals surface area contributed by atoms with Crippen LogP contribution >= 0.6 is 0 Å². The van der Waals surface area contributed by atoms with Gasteiger partial charge in [0, 0.05) is 13.1 Å². The first-order valence-corrected chi connectivity index (χ1v) is 10.2. The fourth-order valence-electron chi connectivity index (χ4n) is 2.14. The Kier molecular flexibility index (Phi) is 6.98. The lowest BCUT2D eigenvalue weighted by atomic mass is 9.97. The first-order chi connectivity index (χ1) is 12.7. The van der Waals surface area contributed by atoms with E-state index in [1.807, 2.05) is 51.1 Å². The second kappa shape index (κ2) is 9.01. The van der Waals surface area contributed by atoms with Gasteiger partial charge in [-0.3, -0.25) is 4.79 Å². The summed E-state index contributed by atoms with van der Waals surface area (Å²) < 4.78 is 32.7. The van der Waals surface area contributed by atoms with Crippen molar-refractivity contribution >= 4 is 15.9 Å². The third kappa shape index (κ3) is 7.40. The SMILES string of the molecule is CC(C)(C)CNC(=O)COc1ccc(S(=O)(=O)NCc2ccccc2)cc1. The number of rotatable bonds is 8. The number of hydrogen-bond acceptors (Lipinski definition) is 4. The Labute approximate surface area is 161 Å². The first-order valence-electron chi connectivity index (χ1n) is 8.69. The van der Waals surface area contributed by atoms with Crippen molar-refractivity contribution in [3.05, 3.63) is 60.2 Å². The number of carbonyl (C=O) groups excluding carboxylic acids is 1. The highest BCUT2D eigenvalue weighted by Crippen LogP contribution is 2.16. The highest BCUT2D eigenvalue weighted by atomic mass is 32.2. The maximum atomic E-state index is 12.3. The van der Waals surface area contributed by atoms with Crippen LogP contribution in [0.3, 0.4) is 0 Å². The van der Waals surface area contributed by atoms with E-state index in [-0.39, 0.29) is 29.4 Å². The Balaban J connectivity index is 1.87. The van der Waals surface area contributed by atoms with Crippen molar-refractivity contribution in [3.63, 3.8) is 0 Å². The van der Waals surface area contributed by atoms with Crippen LogP contribution in [-0.2, 0) is 21.4 Å². The molecule has 0 spiro atoms. The van der Waals surface area contributed by atoms with Gasteiger partial charge in [0.1, 0.15) is 5.75 Å². The minimum Gasteiger partial charge on any atom is -0.484 e. The van der Waals surface area contributed by atoms with Gasteiger partial charge in [-0.2, -0.15) is 0 Å². The number of benzene rings is 2. The van der Waals surface area contributed by atoms with Gasteiger partial charge in [0.25, 0.3) is 5.91 Å². The molecule has 0 radical (unpaired) electrons. The van der Waals surface area contributed by atoms with Gasteiger partial charge in [-0.15, -0.1) is 0 Å². The van der Waals surface area contributed by atoms with Crippen LogP contribution < -0.4 is 14.8 Å². The maximum absolute atomic E-state index is 12.3. The summed E-state index contributed by atoms with van der Waals surface area (Å²) in [5.41, 5.74) is 0.876. The van der Waals surface area contributed by atoms with Crippen LogP contribution in [0.5, 0.6) is 5.75 Å². The molecule has 0 unspecified atom stereocenters. The zero-order valence-corrected chi connectivity index (χ0v) is 16.7. The summed E-state index contributed by atoms with van der Waals surface area (Å²) in [7, 11) is -3.62. The quantitative estimate of drug-likeness (QED) is 0.726. The highest BCUT2D eigenvalue weighted by Gasteiger charge is 2.14. The van der Waals surface area contributed by atoms with Gasteiger partial charge in [-0.1, -0.05) is 51.1 Å². The van der Waals surface area contributed by atoms with Gasteiger partial charge in [0.15, 0.2) is 6.61 Å². The monoisotopic (exact) mass is 390 g/mol. The second-order valence-corrected chi connectivity index (χ2v) is 9.17. The predicted octanol–water partition coefficient (Wildman–Crippen LogP) is 2.71. The molecular formula is C20H26N2O4S. The largest absolute Gasteiger partial charge is 0.484 e. The molecule has 2 aromatic carbocycles. The van der Waals surface area contributed by atoms with Gasteiger partial charge in [0.2, 0.25) is 10.0 Å². The lowest BCUT2D eigenvalue weighted by Gasteiger charge is -2.18. The molecule has 2 aromatic rings. The van der Waals surface area contributed by atoms with E-state index in [0.29, 0.717) is 12.3 Å². The Morgan fingerprint density at radius 3 is 2.22 bits per heavy atom. The average Bonchev–Trinajstić information content (AvgIpc) is 2.64. The minimum absolute atomic E-state index is 0.00157. The summed E-state index contributed by atoms with van der Waals surface area (Å²) in [4.78, 5) is 11.9. The predicted molar refractivity (Wildman–Crippen MR) is 105 cm³/mol. The lowest BCUT2D eigenvalue weighted by Crippen LogP contribution is -2.35. The van der Waals surface area contributed by atoms with Crippen molar-refractivity contribution in [2.75, 3.05) is 13.2 Å². The fraction of sp³-hybridized carbons (Fsp3) is 0.350. The van der Waals surface area contributed by atoms with Crippen molar-refractivity contribution in [1.82, 2.24) is 10.0 Å². The highest BCUT2D eigenvalue weighted by molar-refractivity contribution is 7.89. The van der Waals surface area contributed by atoms with E-state index >= 15 is 0 Å². The van der Waals surface area contributed by atoms with Crippen LogP contribution in [0.1, 0.15) is 26.3 Å². The zero-order chi connectivity index (χ0) is 19.9. The third-order valence-electron chi connectivity index (χ3n) is 3.63. The Morgan fingerprint density at radius 1 is 1.00 bits per heavy atom. The van der Waals surface area contributed by atoms with E-state index < -0.39 is 10.0 Å². The summed E-state index contributed by atoms with van der Waals surface area (Å²) in [6, 6.07) is 15.3. The van der Waals surface area contributed by atoms with Crippen LogP contribution in [0.4, 0.5) is 0 Å². The molecule has 2 N–H and O–H groups in total. The van der Waals surface area contributed by atoms with Gasteiger partial charge in [-0.05, 0) is 35.2 Å². The topological polar surface area (TPSA) is 84.5 Å². The van der Waals surface area contributed by atoms with Crippen LogP contribution in [0, 0.1) is 5.41 Å². The smallest absolute Gasteiger partial charge is 0.257 e. The molecule has 6 nitrogen and oxygen atoms in total. The van der Waals surface area contributed by atoms with E-state index in [2.05, 4.69) is 10.0 Å². The summed E-state index contributed by atoms with van der Waals surface area (Å²) in [6.45, 7) is 6.74. The van der Waals surface area contributed by atoms with Crippen LogP contribution in [0.2, 0.25) is 0 Å². The molecule has 2 rings (SSSR count). The van der Waals surface area contributed by atoms with Crippen LogP contribution in [-0.4, -0.2) is 27.5 Å². The number of sulfonamides is 1. The molecule has 0 saturated carbocycles. The summed E-state index contributed by atoms with van der Waals surface area (Å²) in [6.07, 6.45) is 0. The molecule has 0 aliphatic carbocycles. The summed E-state index contributed by atoms with van der Waals surface area (Å²) >= 11 is 0. The molecule has 0 aromatic heterocycles. The van der Waals surface area contributed by atoms with E-state index in [9.17, 15) is 13.2 Å². The zero-order valence-electron chi connectivity index (χ0n) is 15.9. The molecular weight excluding hydrogens is 364 g/mol. The van der Waals surface area contributed by atoms with Crippen LogP contribution in [0.25, 0.3) is 0 Å². The van der Waals surface area contributed by atoms with Gasteiger partial charge < -0.3 is 10.1 Å². The molecule has 0 aliphatic heterocycles. The Hall–Kier alpha value is -2.38. The number of ether oxygens (including phenoxy) is 1. The van der Waals surface area contributed by atoms with Gasteiger partial charge in [-0.25, -0.2) is 13.1 Å². The van der Waals surface area contributed by atoms with Crippen molar-refractivity contribution in [1.29, 1.82) is 0 Å². The molecule has 0 fully saturated rings. The normalized spacial score (nSPS) is 11.8. The first kappa shape index (κ1) is 20.9. The molecule has 0 bridgehead atoms. The third-order valence-corrected chi connectivity index (χ3v) is 5.05. The molecule has 7 heteroatoms. The number of carbonyl (C=O) groups is 1. The lowest BCUT2D eigenvalue weighted by molar-refractivity contribution is -0.123. The standard InChI is InChI=1S/C20H26N2O4S/c1-20(2,3)15-21-19(23)14-26-17-9-11-18(12-10-17)27(24,25)22-13-16-7-5-4-6-8-16/h4-12,22H,13-15H2,1-3H3,(H,21,23). The van der Waals surface area contributed by atoms with Gasteiger partial charge in [0.05, 0.1) is 4.90 Å². The fourth-order valence-corrected chi connectivity index (χ4v) is 3.15. The minimum atomic E-state index is -3.62. The average molecular weight is 391 g/mol. The van der Waals surface area contributed by atoms with Crippen molar-refractivity contribution in [2.24, 2.45) is 5.41 Å². The summed E-state index contributed by atoms with van der Waals surface area (Å²) in [5, 5.41) is 2.79. The van der Waals surface area contributed by atoms with Gasteiger partial charge >= 0.3 is 0 Å². The molecule has 0 heterocycles. The van der Waals surface area contributed by atoms with E-state index in [0.717, 1.165) is 5.56 Å². The number of hydrogen-bond donors (Lipinski definition) is 2. The molecule has 1 amide bonds. The Bertz CT molecular complexity index is 842. The molecule has 0 aliphatic rings. The maximum Gasteiger partial charge on any atom is 0.257 e. The molecule has 0 atom stereocenters. The van der Waals surface area contributed by atoms with Crippen molar-refractivity contribution in [2.45, 2.75) is 32.2 Å². The van der Waals surface area contributed by atoms with Crippen molar-refractivity contribution < 1.29 is 17.9 Å². The molecule has 0 saturated heterocycles. The number of nitrogens with one attached hydrogen (secondary N) is 2. The molecule has 27 heavy (non-hydrogen) atoms. The van der Waals surface area contributed by atoms with Crippen LogP contribution in [0.15, 0.2) is 59.5 Å². The van der Waals surface area contributed by atoms with E-state index in [4.69, 9.17) is 4.74 Å². The summed E-state index contributed by atoms with van der Waals surface area (Å²) in [5.74, 6) is 0.217. The van der Waals surface area contributed by atoms with E-state index in [1.54, 1.807) is 0 Å². The Morgan fingerprint density at radius 2 is 1.63 bits per heavy atom. The molecule has 146 valence electrons.